The number of hydrogen-bond donors (Lipinski definition) is 1. The minimum absolute atomic E-state index is 0.0203. The average molecular weight is 205 g/mol. The lowest BCUT2D eigenvalue weighted by Gasteiger charge is -2.22. The molecule has 0 aromatic heterocycles. The molecule has 0 spiro atoms. The van der Waals surface area contributed by atoms with Crippen LogP contribution in [0.3, 0.4) is 0 Å². The SMILES string of the molecule is COC(C)(C)CCNCCCSC. The van der Waals surface area contributed by atoms with E-state index in [1.165, 1.54) is 12.2 Å². The minimum atomic E-state index is 0.0203. The van der Waals surface area contributed by atoms with Crippen LogP contribution in [0.4, 0.5) is 0 Å². The Hall–Kier alpha value is 0.270. The van der Waals surface area contributed by atoms with Crippen LogP contribution in [0.5, 0.6) is 0 Å². The lowest BCUT2D eigenvalue weighted by Crippen LogP contribution is -2.29. The Morgan fingerprint density at radius 2 is 2.00 bits per heavy atom. The van der Waals surface area contributed by atoms with E-state index in [0.29, 0.717) is 0 Å². The summed E-state index contributed by atoms with van der Waals surface area (Å²) in [5, 5.41) is 3.42. The highest BCUT2D eigenvalue weighted by Gasteiger charge is 2.14. The highest BCUT2D eigenvalue weighted by atomic mass is 32.2. The minimum Gasteiger partial charge on any atom is -0.379 e. The summed E-state index contributed by atoms with van der Waals surface area (Å²) < 4.78 is 5.32. The molecule has 0 bridgehead atoms. The number of methoxy groups -OCH3 is 1. The van der Waals surface area contributed by atoms with Crippen molar-refractivity contribution in [1.29, 1.82) is 0 Å². The largest absolute Gasteiger partial charge is 0.379 e. The summed E-state index contributed by atoms with van der Waals surface area (Å²) in [7, 11) is 1.77. The van der Waals surface area contributed by atoms with Crippen LogP contribution < -0.4 is 5.32 Å². The molecule has 13 heavy (non-hydrogen) atoms. The predicted octanol–water partition coefficient (Wildman–Crippen LogP) is 2.14. The standard InChI is InChI=1S/C10H23NOS/c1-10(2,12-3)6-8-11-7-5-9-13-4/h11H,5-9H2,1-4H3. The van der Waals surface area contributed by atoms with Gasteiger partial charge in [0.25, 0.3) is 0 Å². The van der Waals surface area contributed by atoms with Crippen molar-refractivity contribution in [2.75, 3.05) is 32.2 Å². The molecule has 0 aliphatic rings. The zero-order chi connectivity index (χ0) is 10.2. The second kappa shape index (κ2) is 7.65. The average Bonchev–Trinajstić information content (AvgIpc) is 2.11. The number of hydrogen-bond acceptors (Lipinski definition) is 3. The Morgan fingerprint density at radius 1 is 1.31 bits per heavy atom. The van der Waals surface area contributed by atoms with Gasteiger partial charge in [0.05, 0.1) is 5.60 Å². The molecule has 0 saturated carbocycles. The highest BCUT2D eigenvalue weighted by molar-refractivity contribution is 7.98. The first-order chi connectivity index (χ1) is 6.12. The maximum absolute atomic E-state index is 5.32. The van der Waals surface area contributed by atoms with Crippen molar-refractivity contribution in [3.05, 3.63) is 0 Å². The Balaban J connectivity index is 3.16. The Kier molecular flexibility index (Phi) is 7.81. The molecule has 0 radical (unpaired) electrons. The van der Waals surface area contributed by atoms with Gasteiger partial charge in [0.2, 0.25) is 0 Å². The molecule has 0 aliphatic heterocycles. The van der Waals surface area contributed by atoms with E-state index in [1.807, 2.05) is 11.8 Å². The quantitative estimate of drug-likeness (QED) is 0.614. The summed E-state index contributed by atoms with van der Waals surface area (Å²) in [5.41, 5.74) is 0.0203. The number of ether oxygens (including phenoxy) is 1. The molecular weight excluding hydrogens is 182 g/mol. The number of thioether (sulfide) groups is 1. The predicted molar refractivity (Wildman–Crippen MR) is 61.6 cm³/mol. The van der Waals surface area contributed by atoms with Gasteiger partial charge in [0.1, 0.15) is 0 Å². The van der Waals surface area contributed by atoms with Gasteiger partial charge in [-0.15, -0.1) is 0 Å². The zero-order valence-corrected chi connectivity index (χ0v) is 10.2. The van der Waals surface area contributed by atoms with Crippen LogP contribution in [0.1, 0.15) is 26.7 Å². The highest BCUT2D eigenvalue weighted by Crippen LogP contribution is 2.11. The molecule has 0 fully saturated rings. The molecule has 0 aromatic carbocycles. The van der Waals surface area contributed by atoms with Crippen LogP contribution in [0.15, 0.2) is 0 Å². The van der Waals surface area contributed by atoms with E-state index in [9.17, 15) is 0 Å². The Morgan fingerprint density at radius 3 is 2.54 bits per heavy atom. The number of nitrogens with one attached hydrogen (secondary N) is 1. The van der Waals surface area contributed by atoms with Crippen molar-refractivity contribution in [3.8, 4) is 0 Å². The van der Waals surface area contributed by atoms with Crippen molar-refractivity contribution in [2.45, 2.75) is 32.3 Å². The summed E-state index contributed by atoms with van der Waals surface area (Å²) in [6.07, 6.45) is 4.48. The first kappa shape index (κ1) is 13.3. The molecule has 80 valence electrons. The summed E-state index contributed by atoms with van der Waals surface area (Å²) in [6, 6.07) is 0. The molecule has 0 heterocycles. The molecule has 0 aromatic rings. The lowest BCUT2D eigenvalue weighted by molar-refractivity contribution is 0.0159. The van der Waals surface area contributed by atoms with Crippen LogP contribution in [-0.2, 0) is 4.74 Å². The first-order valence-electron chi connectivity index (χ1n) is 4.87. The molecular formula is C10H23NOS. The number of rotatable bonds is 8. The van der Waals surface area contributed by atoms with Gasteiger partial charge in [0.15, 0.2) is 0 Å². The topological polar surface area (TPSA) is 21.3 Å². The zero-order valence-electron chi connectivity index (χ0n) is 9.35. The smallest absolute Gasteiger partial charge is 0.0634 e. The van der Waals surface area contributed by atoms with Crippen molar-refractivity contribution >= 4 is 11.8 Å². The lowest BCUT2D eigenvalue weighted by atomic mass is 10.1. The molecule has 0 unspecified atom stereocenters. The van der Waals surface area contributed by atoms with Crippen LogP contribution in [-0.4, -0.2) is 37.8 Å². The monoisotopic (exact) mass is 205 g/mol. The van der Waals surface area contributed by atoms with Gasteiger partial charge in [-0.05, 0) is 51.8 Å². The fourth-order valence-electron chi connectivity index (χ4n) is 0.958. The van der Waals surface area contributed by atoms with Crippen molar-refractivity contribution in [3.63, 3.8) is 0 Å². The molecule has 2 nitrogen and oxygen atoms in total. The molecule has 0 rings (SSSR count). The Labute approximate surface area is 86.8 Å². The van der Waals surface area contributed by atoms with Gasteiger partial charge < -0.3 is 10.1 Å². The molecule has 0 atom stereocenters. The summed E-state index contributed by atoms with van der Waals surface area (Å²) in [5.74, 6) is 1.25. The van der Waals surface area contributed by atoms with Gasteiger partial charge in [-0.1, -0.05) is 0 Å². The van der Waals surface area contributed by atoms with E-state index < -0.39 is 0 Å². The maximum atomic E-state index is 5.32. The second-order valence-electron chi connectivity index (χ2n) is 3.81. The van der Waals surface area contributed by atoms with Gasteiger partial charge >= 0.3 is 0 Å². The van der Waals surface area contributed by atoms with Crippen molar-refractivity contribution < 1.29 is 4.74 Å². The van der Waals surface area contributed by atoms with Gasteiger partial charge in [-0.25, -0.2) is 0 Å². The summed E-state index contributed by atoms with van der Waals surface area (Å²) in [4.78, 5) is 0. The molecule has 0 aliphatic carbocycles. The van der Waals surface area contributed by atoms with Crippen LogP contribution >= 0.6 is 11.8 Å². The van der Waals surface area contributed by atoms with E-state index in [0.717, 1.165) is 19.5 Å². The van der Waals surface area contributed by atoms with Gasteiger partial charge in [0, 0.05) is 7.11 Å². The van der Waals surface area contributed by atoms with Crippen molar-refractivity contribution in [2.24, 2.45) is 0 Å². The normalized spacial score (nSPS) is 12.0. The third-order valence-corrected chi connectivity index (χ3v) is 2.86. The fraction of sp³-hybridized carbons (Fsp3) is 1.00. The van der Waals surface area contributed by atoms with E-state index in [-0.39, 0.29) is 5.60 Å². The molecule has 3 heteroatoms. The van der Waals surface area contributed by atoms with E-state index in [4.69, 9.17) is 4.74 Å². The summed E-state index contributed by atoms with van der Waals surface area (Å²) in [6.45, 7) is 6.42. The van der Waals surface area contributed by atoms with Gasteiger partial charge in [-0.3, -0.25) is 0 Å². The van der Waals surface area contributed by atoms with E-state index >= 15 is 0 Å². The van der Waals surface area contributed by atoms with Crippen LogP contribution in [0, 0.1) is 0 Å². The van der Waals surface area contributed by atoms with Crippen LogP contribution in [0.2, 0.25) is 0 Å². The third-order valence-electron chi connectivity index (χ3n) is 2.16. The summed E-state index contributed by atoms with van der Waals surface area (Å²) >= 11 is 1.91. The Bertz CT molecular complexity index is 117. The fourth-order valence-corrected chi connectivity index (χ4v) is 1.39. The van der Waals surface area contributed by atoms with Crippen molar-refractivity contribution in [1.82, 2.24) is 5.32 Å². The first-order valence-corrected chi connectivity index (χ1v) is 6.26. The second-order valence-corrected chi connectivity index (χ2v) is 4.80. The molecule has 0 amide bonds. The third kappa shape index (κ3) is 8.60. The molecule has 1 N–H and O–H groups in total. The maximum Gasteiger partial charge on any atom is 0.0634 e. The van der Waals surface area contributed by atoms with Crippen LogP contribution in [0.25, 0.3) is 0 Å². The van der Waals surface area contributed by atoms with Gasteiger partial charge in [-0.2, -0.15) is 11.8 Å². The van der Waals surface area contributed by atoms with E-state index in [1.54, 1.807) is 7.11 Å². The molecule has 0 saturated heterocycles. The van der Waals surface area contributed by atoms with E-state index in [2.05, 4.69) is 25.4 Å².